The van der Waals surface area contributed by atoms with Gasteiger partial charge in [0, 0.05) is 12.6 Å². The fourth-order valence-electron chi connectivity index (χ4n) is 2.38. The summed E-state index contributed by atoms with van der Waals surface area (Å²) in [4.78, 5) is 0. The second-order valence-electron chi connectivity index (χ2n) is 5.20. The SMILES string of the molecule is CCOC(C1CC1)C(N)c1c(Cl)cnn1C(C)C. The summed E-state index contributed by atoms with van der Waals surface area (Å²) in [7, 11) is 0. The van der Waals surface area contributed by atoms with E-state index in [4.69, 9.17) is 22.1 Å². The van der Waals surface area contributed by atoms with Crippen LogP contribution in [0.5, 0.6) is 0 Å². The molecule has 2 N–H and O–H groups in total. The first-order valence-corrected chi connectivity index (χ1v) is 7.04. The molecule has 18 heavy (non-hydrogen) atoms. The Morgan fingerprint density at radius 1 is 1.56 bits per heavy atom. The van der Waals surface area contributed by atoms with E-state index in [1.54, 1.807) is 6.20 Å². The average Bonchev–Trinajstić information content (AvgIpc) is 3.07. The highest BCUT2D eigenvalue weighted by Crippen LogP contribution is 2.40. The van der Waals surface area contributed by atoms with E-state index in [2.05, 4.69) is 18.9 Å². The summed E-state index contributed by atoms with van der Waals surface area (Å²) in [6, 6.07) is 0.0508. The fraction of sp³-hybridized carbons (Fsp3) is 0.769. The van der Waals surface area contributed by atoms with Crippen molar-refractivity contribution in [2.75, 3.05) is 6.61 Å². The van der Waals surface area contributed by atoms with Crippen LogP contribution >= 0.6 is 11.6 Å². The van der Waals surface area contributed by atoms with Crippen LogP contribution in [0.3, 0.4) is 0 Å². The fourth-order valence-corrected chi connectivity index (χ4v) is 2.64. The Kier molecular flexibility index (Phi) is 4.30. The van der Waals surface area contributed by atoms with Gasteiger partial charge in [0.2, 0.25) is 0 Å². The highest BCUT2D eigenvalue weighted by Gasteiger charge is 2.38. The lowest BCUT2D eigenvalue weighted by Crippen LogP contribution is -2.33. The zero-order valence-corrected chi connectivity index (χ0v) is 12.0. The predicted octanol–water partition coefficient (Wildman–Crippen LogP) is 2.93. The maximum Gasteiger partial charge on any atom is 0.0835 e. The molecule has 0 spiro atoms. The Balaban J connectivity index is 2.25. The van der Waals surface area contributed by atoms with Gasteiger partial charge in [0.05, 0.1) is 29.1 Å². The first-order chi connectivity index (χ1) is 8.56. The van der Waals surface area contributed by atoms with Crippen LogP contribution < -0.4 is 5.73 Å². The third kappa shape index (κ3) is 2.71. The lowest BCUT2D eigenvalue weighted by molar-refractivity contribution is 0.0261. The first-order valence-electron chi connectivity index (χ1n) is 6.66. The molecule has 4 nitrogen and oxygen atoms in total. The molecule has 1 aliphatic carbocycles. The molecule has 1 saturated carbocycles. The van der Waals surface area contributed by atoms with Crippen LogP contribution in [-0.2, 0) is 4.74 Å². The van der Waals surface area contributed by atoms with Crippen LogP contribution in [0, 0.1) is 5.92 Å². The van der Waals surface area contributed by atoms with Gasteiger partial charge in [0.1, 0.15) is 0 Å². The van der Waals surface area contributed by atoms with Crippen LogP contribution in [0.15, 0.2) is 6.20 Å². The van der Waals surface area contributed by atoms with Crippen molar-refractivity contribution in [3.8, 4) is 0 Å². The van der Waals surface area contributed by atoms with E-state index >= 15 is 0 Å². The Bertz CT molecular complexity index is 401. The van der Waals surface area contributed by atoms with Gasteiger partial charge in [0.25, 0.3) is 0 Å². The Morgan fingerprint density at radius 3 is 2.72 bits per heavy atom. The van der Waals surface area contributed by atoms with Crippen LogP contribution in [-0.4, -0.2) is 22.5 Å². The molecule has 0 amide bonds. The summed E-state index contributed by atoms with van der Waals surface area (Å²) < 4.78 is 7.72. The van der Waals surface area contributed by atoms with E-state index in [1.165, 1.54) is 12.8 Å². The zero-order chi connectivity index (χ0) is 13.3. The van der Waals surface area contributed by atoms with Crippen molar-refractivity contribution in [3.63, 3.8) is 0 Å². The van der Waals surface area contributed by atoms with Crippen LogP contribution in [0.4, 0.5) is 0 Å². The summed E-state index contributed by atoms with van der Waals surface area (Å²) in [5.41, 5.74) is 7.28. The topological polar surface area (TPSA) is 53.1 Å². The van der Waals surface area contributed by atoms with Crippen molar-refractivity contribution in [1.82, 2.24) is 9.78 Å². The smallest absolute Gasteiger partial charge is 0.0835 e. The molecule has 1 fully saturated rings. The third-order valence-corrected chi connectivity index (χ3v) is 3.68. The number of ether oxygens (including phenoxy) is 1. The van der Waals surface area contributed by atoms with Gasteiger partial charge in [0.15, 0.2) is 0 Å². The molecule has 5 heteroatoms. The lowest BCUT2D eigenvalue weighted by Gasteiger charge is -2.25. The average molecular weight is 272 g/mol. The second-order valence-corrected chi connectivity index (χ2v) is 5.61. The molecular weight excluding hydrogens is 250 g/mol. The number of nitrogens with zero attached hydrogens (tertiary/aromatic N) is 2. The van der Waals surface area contributed by atoms with Crippen molar-refractivity contribution in [2.24, 2.45) is 11.7 Å². The molecule has 0 aliphatic heterocycles. The quantitative estimate of drug-likeness (QED) is 0.865. The molecule has 1 aromatic rings. The standard InChI is InChI=1S/C13H22ClN3O/c1-4-18-13(9-5-6-9)11(15)12-10(14)7-16-17(12)8(2)3/h7-9,11,13H,4-6,15H2,1-3H3. The summed E-state index contributed by atoms with van der Waals surface area (Å²) in [6.45, 7) is 6.84. The van der Waals surface area contributed by atoms with Crippen LogP contribution in [0.25, 0.3) is 0 Å². The molecule has 0 aromatic carbocycles. The van der Waals surface area contributed by atoms with Crippen molar-refractivity contribution < 1.29 is 4.74 Å². The maximum atomic E-state index is 6.38. The lowest BCUT2D eigenvalue weighted by atomic mass is 10.0. The molecule has 2 atom stereocenters. The van der Waals surface area contributed by atoms with Crippen LogP contribution in [0.1, 0.15) is 51.4 Å². The molecule has 2 rings (SSSR count). The molecule has 0 radical (unpaired) electrons. The van der Waals surface area contributed by atoms with Gasteiger partial charge in [-0.1, -0.05) is 11.6 Å². The van der Waals surface area contributed by atoms with Crippen molar-refractivity contribution in [1.29, 1.82) is 0 Å². The van der Waals surface area contributed by atoms with Gasteiger partial charge in [-0.05, 0) is 39.5 Å². The van der Waals surface area contributed by atoms with E-state index in [0.29, 0.717) is 17.5 Å². The summed E-state index contributed by atoms with van der Waals surface area (Å²) in [6.07, 6.45) is 4.13. The second kappa shape index (κ2) is 5.59. The van der Waals surface area contributed by atoms with Gasteiger partial charge in [-0.25, -0.2) is 0 Å². The van der Waals surface area contributed by atoms with Gasteiger partial charge < -0.3 is 10.5 Å². The number of aromatic nitrogens is 2. The Hall–Kier alpha value is -0.580. The first kappa shape index (κ1) is 13.8. The highest BCUT2D eigenvalue weighted by atomic mass is 35.5. The highest BCUT2D eigenvalue weighted by molar-refractivity contribution is 6.31. The van der Waals surface area contributed by atoms with Crippen LogP contribution in [0.2, 0.25) is 5.02 Å². The molecule has 1 aromatic heterocycles. The summed E-state index contributed by atoms with van der Waals surface area (Å²) in [5.74, 6) is 0.575. The van der Waals surface area contributed by atoms with E-state index in [-0.39, 0.29) is 18.2 Å². The normalized spacial score (nSPS) is 19.2. The summed E-state index contributed by atoms with van der Waals surface area (Å²) in [5, 5.41) is 4.95. The minimum Gasteiger partial charge on any atom is -0.376 e. The van der Waals surface area contributed by atoms with E-state index in [9.17, 15) is 0 Å². The Morgan fingerprint density at radius 2 is 2.22 bits per heavy atom. The maximum absolute atomic E-state index is 6.38. The monoisotopic (exact) mass is 271 g/mol. The molecular formula is C13H22ClN3O. The third-order valence-electron chi connectivity index (χ3n) is 3.39. The predicted molar refractivity (Wildman–Crippen MR) is 72.7 cm³/mol. The number of rotatable bonds is 6. The number of hydrogen-bond donors (Lipinski definition) is 1. The van der Waals surface area contributed by atoms with Crippen molar-refractivity contribution in [3.05, 3.63) is 16.9 Å². The summed E-state index contributed by atoms with van der Waals surface area (Å²) >= 11 is 6.23. The zero-order valence-electron chi connectivity index (χ0n) is 11.3. The largest absolute Gasteiger partial charge is 0.376 e. The van der Waals surface area contributed by atoms with Crippen molar-refractivity contribution >= 4 is 11.6 Å². The van der Waals surface area contributed by atoms with E-state index in [1.807, 2.05) is 11.6 Å². The number of halogens is 1. The van der Waals surface area contributed by atoms with Gasteiger partial charge in [-0.3, -0.25) is 4.68 Å². The molecule has 0 saturated heterocycles. The molecule has 2 unspecified atom stereocenters. The number of hydrogen-bond acceptors (Lipinski definition) is 3. The Labute approximate surface area is 113 Å². The van der Waals surface area contributed by atoms with Gasteiger partial charge in [-0.15, -0.1) is 0 Å². The number of nitrogens with two attached hydrogens (primary N) is 1. The molecule has 1 aliphatic rings. The minimum atomic E-state index is -0.199. The van der Waals surface area contributed by atoms with E-state index < -0.39 is 0 Å². The van der Waals surface area contributed by atoms with E-state index in [0.717, 1.165) is 5.69 Å². The molecule has 102 valence electrons. The van der Waals surface area contributed by atoms with Gasteiger partial charge in [-0.2, -0.15) is 5.10 Å². The minimum absolute atomic E-state index is 0.0571. The van der Waals surface area contributed by atoms with Gasteiger partial charge >= 0.3 is 0 Å². The molecule has 0 bridgehead atoms. The van der Waals surface area contributed by atoms with Crippen molar-refractivity contribution in [2.45, 2.75) is 51.8 Å². The molecule has 1 heterocycles.